The molecular formula is C49H30N4S. The van der Waals surface area contributed by atoms with Gasteiger partial charge in [-0.3, -0.25) is 0 Å². The summed E-state index contributed by atoms with van der Waals surface area (Å²) >= 11 is 1.84. The van der Waals surface area contributed by atoms with E-state index in [1.807, 2.05) is 29.5 Å². The van der Waals surface area contributed by atoms with Crippen molar-refractivity contribution in [1.29, 1.82) is 0 Å². The van der Waals surface area contributed by atoms with Crippen molar-refractivity contribution in [3.05, 3.63) is 182 Å². The van der Waals surface area contributed by atoms with Crippen LogP contribution in [0.4, 0.5) is 0 Å². The SMILES string of the molecule is c1ccc(-c2nc(-c3ccc4c(c3)c3ccccc3n4-c3ccccc3)nc(-c3c(-c4cccc5c4sc4ccccc45)ccc4ccccc34)n2)cc1. The zero-order valence-electron chi connectivity index (χ0n) is 29.0. The van der Waals surface area contributed by atoms with Crippen molar-refractivity contribution in [1.82, 2.24) is 19.5 Å². The van der Waals surface area contributed by atoms with Crippen molar-refractivity contribution in [3.8, 4) is 51.0 Å². The van der Waals surface area contributed by atoms with Gasteiger partial charge in [0.1, 0.15) is 0 Å². The van der Waals surface area contributed by atoms with E-state index in [0.717, 1.165) is 55.1 Å². The van der Waals surface area contributed by atoms with E-state index in [0.29, 0.717) is 17.5 Å². The van der Waals surface area contributed by atoms with Crippen LogP contribution in [-0.4, -0.2) is 19.5 Å². The van der Waals surface area contributed by atoms with Crippen LogP contribution in [0.5, 0.6) is 0 Å². The zero-order chi connectivity index (χ0) is 35.6. The molecule has 8 aromatic carbocycles. The average molecular weight is 707 g/mol. The van der Waals surface area contributed by atoms with Gasteiger partial charge >= 0.3 is 0 Å². The minimum Gasteiger partial charge on any atom is -0.309 e. The summed E-state index contributed by atoms with van der Waals surface area (Å²) in [6.45, 7) is 0. The third-order valence-electron chi connectivity index (χ3n) is 10.5. The summed E-state index contributed by atoms with van der Waals surface area (Å²) in [5.74, 6) is 1.92. The molecule has 0 amide bonds. The predicted molar refractivity (Wildman–Crippen MR) is 226 cm³/mol. The minimum absolute atomic E-state index is 0.635. The Bertz CT molecular complexity index is 3220. The molecule has 0 unspecified atom stereocenters. The molecule has 0 aliphatic heterocycles. The van der Waals surface area contributed by atoms with Crippen LogP contribution in [0, 0.1) is 0 Å². The predicted octanol–water partition coefficient (Wildman–Crippen LogP) is 13.2. The maximum Gasteiger partial charge on any atom is 0.165 e. The molecule has 0 fully saturated rings. The normalized spacial score (nSPS) is 11.7. The number of fused-ring (bicyclic) bond motifs is 7. The topological polar surface area (TPSA) is 43.6 Å². The van der Waals surface area contributed by atoms with Crippen LogP contribution in [-0.2, 0) is 0 Å². The molecule has 0 bridgehead atoms. The van der Waals surface area contributed by atoms with E-state index in [4.69, 9.17) is 15.0 Å². The second kappa shape index (κ2) is 12.3. The molecule has 0 spiro atoms. The van der Waals surface area contributed by atoms with Gasteiger partial charge in [0, 0.05) is 58.9 Å². The van der Waals surface area contributed by atoms with E-state index in [9.17, 15) is 0 Å². The molecule has 4 nitrogen and oxygen atoms in total. The van der Waals surface area contributed by atoms with Gasteiger partial charge in [-0.2, -0.15) is 0 Å². The first kappa shape index (κ1) is 30.7. The zero-order valence-corrected chi connectivity index (χ0v) is 29.8. The van der Waals surface area contributed by atoms with E-state index in [1.54, 1.807) is 0 Å². The van der Waals surface area contributed by atoms with Gasteiger partial charge in [0.05, 0.1) is 11.0 Å². The number of nitrogens with zero attached hydrogens (tertiary/aromatic N) is 4. The maximum absolute atomic E-state index is 5.38. The quantitative estimate of drug-likeness (QED) is 0.179. The van der Waals surface area contributed by atoms with Crippen LogP contribution >= 0.6 is 11.3 Å². The molecule has 5 heteroatoms. The first-order valence-electron chi connectivity index (χ1n) is 18.1. The molecule has 0 N–H and O–H groups in total. The Hall–Kier alpha value is -6.95. The highest BCUT2D eigenvalue weighted by molar-refractivity contribution is 7.26. The highest BCUT2D eigenvalue weighted by atomic mass is 32.1. The lowest BCUT2D eigenvalue weighted by atomic mass is 9.92. The van der Waals surface area contributed by atoms with Crippen LogP contribution in [0.25, 0.3) is 104 Å². The van der Waals surface area contributed by atoms with Crippen LogP contribution in [0.3, 0.4) is 0 Å². The van der Waals surface area contributed by atoms with Crippen LogP contribution in [0.1, 0.15) is 0 Å². The summed E-state index contributed by atoms with van der Waals surface area (Å²) in [5.41, 5.74) is 8.58. The summed E-state index contributed by atoms with van der Waals surface area (Å²) in [6.07, 6.45) is 0. The van der Waals surface area contributed by atoms with Crippen LogP contribution in [0.15, 0.2) is 182 Å². The number of hydrogen-bond donors (Lipinski definition) is 0. The lowest BCUT2D eigenvalue weighted by Gasteiger charge is -2.15. The summed E-state index contributed by atoms with van der Waals surface area (Å²) in [4.78, 5) is 15.9. The van der Waals surface area contributed by atoms with Gasteiger partial charge in [0.15, 0.2) is 17.5 Å². The number of rotatable bonds is 5. The fourth-order valence-electron chi connectivity index (χ4n) is 8.00. The largest absolute Gasteiger partial charge is 0.309 e. The highest BCUT2D eigenvalue weighted by Gasteiger charge is 2.21. The van der Waals surface area contributed by atoms with E-state index in [-0.39, 0.29) is 0 Å². The van der Waals surface area contributed by atoms with Gasteiger partial charge < -0.3 is 4.57 Å². The highest BCUT2D eigenvalue weighted by Crippen LogP contribution is 2.45. The third kappa shape index (κ3) is 4.86. The Kier molecular flexibility index (Phi) is 7.00. The van der Waals surface area contributed by atoms with Crippen molar-refractivity contribution in [3.63, 3.8) is 0 Å². The lowest BCUT2D eigenvalue weighted by molar-refractivity contribution is 1.08. The number of aromatic nitrogens is 4. The molecule has 54 heavy (non-hydrogen) atoms. The number of thiophene rings is 1. The van der Waals surface area contributed by atoms with E-state index in [1.165, 1.54) is 31.1 Å². The molecule has 0 aliphatic carbocycles. The molecule has 0 saturated heterocycles. The van der Waals surface area contributed by atoms with Crippen LogP contribution in [0.2, 0.25) is 0 Å². The molecule has 0 atom stereocenters. The molecule has 11 rings (SSSR count). The van der Waals surface area contributed by atoms with E-state index < -0.39 is 0 Å². The van der Waals surface area contributed by atoms with Gasteiger partial charge in [-0.1, -0.05) is 140 Å². The molecule has 11 aromatic rings. The minimum atomic E-state index is 0.635. The Morgan fingerprint density at radius 1 is 0.389 bits per heavy atom. The van der Waals surface area contributed by atoms with Crippen LogP contribution < -0.4 is 0 Å². The number of hydrogen-bond acceptors (Lipinski definition) is 4. The van der Waals surface area contributed by atoms with Crippen molar-refractivity contribution < 1.29 is 0 Å². The maximum atomic E-state index is 5.38. The first-order valence-corrected chi connectivity index (χ1v) is 18.9. The number of para-hydroxylation sites is 2. The molecule has 3 heterocycles. The molecule has 0 radical (unpaired) electrons. The summed E-state index contributed by atoms with van der Waals surface area (Å²) in [6, 6.07) is 64.3. The molecule has 0 aliphatic rings. The summed E-state index contributed by atoms with van der Waals surface area (Å²) in [7, 11) is 0. The van der Waals surface area contributed by atoms with Crippen molar-refractivity contribution in [2.24, 2.45) is 0 Å². The Balaban J connectivity index is 1.19. The van der Waals surface area contributed by atoms with Gasteiger partial charge in [0.25, 0.3) is 0 Å². The Labute approximate surface area is 315 Å². The second-order valence-corrected chi connectivity index (χ2v) is 14.6. The van der Waals surface area contributed by atoms with Gasteiger partial charge in [-0.05, 0) is 58.8 Å². The third-order valence-corrected chi connectivity index (χ3v) is 11.7. The first-order chi connectivity index (χ1) is 26.8. The standard InChI is InChI=1S/C49H30N4S/c1-3-15-32(16-4-1)47-50-48(33-27-29-43-41(30-33)36-20-9-11-24-42(36)53(43)34-17-5-2-6-18-34)52-49(51-47)45-35-19-8-7-14-31(35)26-28-38(45)40-23-13-22-39-37-21-10-12-25-44(37)54-46(39)40/h1-30H. The molecule has 0 saturated carbocycles. The smallest absolute Gasteiger partial charge is 0.165 e. The monoisotopic (exact) mass is 706 g/mol. The average Bonchev–Trinajstić information content (AvgIpc) is 3.79. The summed E-state index contributed by atoms with van der Waals surface area (Å²) in [5, 5.41) is 7.11. The second-order valence-electron chi connectivity index (χ2n) is 13.6. The van der Waals surface area contributed by atoms with E-state index in [2.05, 4.69) is 168 Å². The van der Waals surface area contributed by atoms with Crippen molar-refractivity contribution in [2.75, 3.05) is 0 Å². The lowest BCUT2D eigenvalue weighted by Crippen LogP contribution is -2.02. The fraction of sp³-hybridized carbons (Fsp3) is 0. The molecular weight excluding hydrogens is 677 g/mol. The van der Waals surface area contributed by atoms with Crippen molar-refractivity contribution in [2.45, 2.75) is 0 Å². The fourth-order valence-corrected chi connectivity index (χ4v) is 9.23. The Morgan fingerprint density at radius 2 is 1.04 bits per heavy atom. The van der Waals surface area contributed by atoms with E-state index >= 15 is 0 Å². The van der Waals surface area contributed by atoms with Gasteiger partial charge in [-0.15, -0.1) is 11.3 Å². The number of benzene rings is 8. The molecule has 3 aromatic heterocycles. The van der Waals surface area contributed by atoms with Gasteiger partial charge in [-0.25, -0.2) is 15.0 Å². The summed E-state index contributed by atoms with van der Waals surface area (Å²) < 4.78 is 4.87. The Morgan fingerprint density at radius 3 is 1.89 bits per heavy atom. The molecule has 252 valence electrons. The van der Waals surface area contributed by atoms with Gasteiger partial charge in [0.2, 0.25) is 0 Å². The van der Waals surface area contributed by atoms with Crippen molar-refractivity contribution >= 4 is 64.1 Å².